The minimum Gasteiger partial charge on any atom is -0.369 e. The fourth-order valence-electron chi connectivity index (χ4n) is 0.820. The van der Waals surface area contributed by atoms with Crippen LogP contribution in [0, 0.1) is 11.8 Å². The molecule has 1 atom stereocenters. The molecule has 1 radical (unpaired) electrons. The second-order valence-electron chi connectivity index (χ2n) is 2.53. The summed E-state index contributed by atoms with van der Waals surface area (Å²) in [5.74, 6) is -1.04. The lowest BCUT2D eigenvalue weighted by Gasteiger charge is -2.13. The summed E-state index contributed by atoms with van der Waals surface area (Å²) in [6, 6.07) is 0. The molecule has 0 aliphatic rings. The Bertz CT molecular complexity index is 166. The first kappa shape index (κ1) is 9.94. The zero-order valence-electron chi connectivity index (χ0n) is 6.97. The predicted octanol–water partition coefficient (Wildman–Crippen LogP) is -0.552. The van der Waals surface area contributed by atoms with Crippen LogP contribution < -0.4 is 11.1 Å². The molecule has 3 N–H and O–H groups in total. The van der Waals surface area contributed by atoms with E-state index in [4.69, 9.17) is 5.73 Å². The average molecular weight is 157 g/mol. The van der Waals surface area contributed by atoms with Gasteiger partial charge in [0.2, 0.25) is 11.8 Å². The molecule has 11 heavy (non-hydrogen) atoms. The van der Waals surface area contributed by atoms with Gasteiger partial charge in [-0.05, 0) is 5.92 Å². The van der Waals surface area contributed by atoms with Gasteiger partial charge in [0.25, 0.3) is 0 Å². The molecule has 0 bridgehead atoms. The van der Waals surface area contributed by atoms with Gasteiger partial charge in [-0.3, -0.25) is 9.59 Å². The summed E-state index contributed by atoms with van der Waals surface area (Å²) >= 11 is 0. The molecule has 0 rings (SSSR count). The molecule has 0 aromatic rings. The van der Waals surface area contributed by atoms with E-state index in [1.807, 2.05) is 0 Å². The summed E-state index contributed by atoms with van der Waals surface area (Å²) in [4.78, 5) is 21.6. The van der Waals surface area contributed by atoms with Crippen LogP contribution in [0.1, 0.15) is 13.8 Å². The van der Waals surface area contributed by atoms with Crippen LogP contribution in [0.4, 0.5) is 0 Å². The third-order valence-corrected chi connectivity index (χ3v) is 1.37. The number of rotatable bonds is 3. The number of carbonyl (C=O) groups excluding carboxylic acids is 2. The molecule has 0 spiro atoms. The standard InChI is InChI=1S/C7H13N2O2/c1-4(2)5(6(8)10)7(11)9-3/h5H,1-3H3,(H2,8,10)(H,9,11)/t5-/m0/s1. The zero-order chi connectivity index (χ0) is 9.02. The van der Waals surface area contributed by atoms with Crippen LogP contribution in [0.5, 0.6) is 0 Å². The van der Waals surface area contributed by atoms with Crippen LogP contribution in [0.15, 0.2) is 0 Å². The van der Waals surface area contributed by atoms with Crippen molar-refractivity contribution in [1.29, 1.82) is 0 Å². The summed E-state index contributed by atoms with van der Waals surface area (Å²) in [5.41, 5.74) is 4.99. The fourth-order valence-corrected chi connectivity index (χ4v) is 0.820. The van der Waals surface area contributed by atoms with Crippen molar-refractivity contribution in [3.63, 3.8) is 0 Å². The molecular formula is C7H13N2O2. The van der Waals surface area contributed by atoms with Gasteiger partial charge < -0.3 is 11.1 Å². The first-order valence-corrected chi connectivity index (χ1v) is 3.31. The lowest BCUT2D eigenvalue weighted by molar-refractivity contribution is -0.132. The molecule has 4 nitrogen and oxygen atoms in total. The zero-order valence-corrected chi connectivity index (χ0v) is 6.97. The van der Waals surface area contributed by atoms with Gasteiger partial charge in [0.1, 0.15) is 5.92 Å². The van der Waals surface area contributed by atoms with Gasteiger partial charge in [-0.25, -0.2) is 0 Å². The van der Waals surface area contributed by atoms with Crippen LogP contribution in [0.3, 0.4) is 0 Å². The summed E-state index contributed by atoms with van der Waals surface area (Å²) in [7, 11) is 1.47. The highest BCUT2D eigenvalue weighted by Gasteiger charge is 2.26. The molecule has 0 aromatic heterocycles. The largest absolute Gasteiger partial charge is 0.369 e. The van der Waals surface area contributed by atoms with Gasteiger partial charge in [0, 0.05) is 7.05 Å². The number of nitrogens with one attached hydrogen (secondary N) is 1. The minimum atomic E-state index is -0.792. The Morgan fingerprint density at radius 1 is 1.36 bits per heavy atom. The average Bonchev–Trinajstić information content (AvgIpc) is 1.85. The van der Waals surface area contributed by atoms with E-state index in [2.05, 4.69) is 5.32 Å². The van der Waals surface area contributed by atoms with E-state index in [1.165, 1.54) is 7.05 Å². The first-order chi connectivity index (χ1) is 5.00. The normalized spacial score (nSPS) is 12.7. The molecule has 4 heteroatoms. The third kappa shape index (κ3) is 2.57. The Balaban J connectivity index is 4.34. The molecular weight excluding hydrogens is 144 g/mol. The van der Waals surface area contributed by atoms with E-state index in [0.717, 1.165) is 0 Å². The Morgan fingerprint density at radius 2 is 1.82 bits per heavy atom. The fraction of sp³-hybridized carbons (Fsp3) is 0.571. The number of amides is 2. The van der Waals surface area contributed by atoms with Crippen molar-refractivity contribution in [2.75, 3.05) is 7.05 Å². The quantitative estimate of drug-likeness (QED) is 0.539. The van der Waals surface area contributed by atoms with Gasteiger partial charge in [-0.15, -0.1) is 0 Å². The molecule has 0 saturated carbocycles. The van der Waals surface area contributed by atoms with Crippen LogP contribution >= 0.6 is 0 Å². The van der Waals surface area contributed by atoms with Gasteiger partial charge >= 0.3 is 0 Å². The SMILES string of the molecule is CNC(=O)[C@@H]([C](C)C)C(N)=O. The van der Waals surface area contributed by atoms with E-state index >= 15 is 0 Å². The molecule has 0 heterocycles. The van der Waals surface area contributed by atoms with E-state index < -0.39 is 11.8 Å². The number of nitrogens with two attached hydrogens (primary N) is 1. The maximum absolute atomic E-state index is 11.0. The topological polar surface area (TPSA) is 72.2 Å². The van der Waals surface area contributed by atoms with Crippen molar-refractivity contribution in [2.24, 2.45) is 11.7 Å². The Kier molecular flexibility index (Phi) is 3.57. The molecule has 63 valence electrons. The molecule has 0 saturated heterocycles. The molecule has 0 aromatic carbocycles. The van der Waals surface area contributed by atoms with E-state index in [9.17, 15) is 9.59 Å². The highest BCUT2D eigenvalue weighted by Crippen LogP contribution is 2.11. The summed E-state index contributed by atoms with van der Waals surface area (Å²) in [5, 5.41) is 2.37. The smallest absolute Gasteiger partial charge is 0.232 e. The van der Waals surface area contributed by atoms with Crippen LogP contribution in [0.25, 0.3) is 0 Å². The lowest BCUT2D eigenvalue weighted by atomic mass is 9.94. The number of carbonyl (C=O) groups is 2. The Morgan fingerprint density at radius 3 is 1.91 bits per heavy atom. The van der Waals surface area contributed by atoms with E-state index in [-0.39, 0.29) is 5.91 Å². The van der Waals surface area contributed by atoms with Crippen LogP contribution in [-0.2, 0) is 9.59 Å². The highest BCUT2D eigenvalue weighted by atomic mass is 16.2. The lowest BCUT2D eigenvalue weighted by Crippen LogP contribution is -2.39. The van der Waals surface area contributed by atoms with Crippen molar-refractivity contribution in [1.82, 2.24) is 5.32 Å². The number of primary amides is 1. The van der Waals surface area contributed by atoms with Crippen LogP contribution in [0.2, 0.25) is 0 Å². The highest BCUT2D eigenvalue weighted by molar-refractivity contribution is 6.01. The second-order valence-corrected chi connectivity index (χ2v) is 2.53. The summed E-state index contributed by atoms with van der Waals surface area (Å²) in [6.45, 7) is 3.40. The van der Waals surface area contributed by atoms with Gasteiger partial charge in [0.15, 0.2) is 0 Å². The van der Waals surface area contributed by atoms with Crippen molar-refractivity contribution < 1.29 is 9.59 Å². The maximum atomic E-state index is 11.0. The molecule has 2 amide bonds. The number of hydrogen-bond acceptors (Lipinski definition) is 2. The van der Waals surface area contributed by atoms with E-state index in [0.29, 0.717) is 5.92 Å². The van der Waals surface area contributed by atoms with Gasteiger partial charge in [-0.2, -0.15) is 0 Å². The predicted molar refractivity (Wildman–Crippen MR) is 41.3 cm³/mol. The van der Waals surface area contributed by atoms with Crippen molar-refractivity contribution >= 4 is 11.8 Å². The monoisotopic (exact) mass is 157 g/mol. The number of hydrogen-bond donors (Lipinski definition) is 2. The molecule has 0 unspecified atom stereocenters. The van der Waals surface area contributed by atoms with Gasteiger partial charge in [-0.1, -0.05) is 13.8 Å². The Labute approximate surface area is 66.1 Å². The molecule has 0 aliphatic carbocycles. The Hall–Kier alpha value is -1.06. The van der Waals surface area contributed by atoms with Gasteiger partial charge in [0.05, 0.1) is 0 Å². The maximum Gasteiger partial charge on any atom is 0.232 e. The first-order valence-electron chi connectivity index (χ1n) is 3.31. The van der Waals surface area contributed by atoms with Crippen LogP contribution in [-0.4, -0.2) is 18.9 Å². The minimum absolute atomic E-state index is 0.350. The molecule has 0 aliphatic heterocycles. The van der Waals surface area contributed by atoms with Crippen molar-refractivity contribution in [3.05, 3.63) is 5.92 Å². The van der Waals surface area contributed by atoms with Crippen molar-refractivity contribution in [3.8, 4) is 0 Å². The molecule has 0 fully saturated rings. The summed E-state index contributed by atoms with van der Waals surface area (Å²) in [6.07, 6.45) is 0. The van der Waals surface area contributed by atoms with E-state index in [1.54, 1.807) is 13.8 Å². The third-order valence-electron chi connectivity index (χ3n) is 1.37. The van der Waals surface area contributed by atoms with Crippen molar-refractivity contribution in [2.45, 2.75) is 13.8 Å². The second kappa shape index (κ2) is 3.95. The summed E-state index contributed by atoms with van der Waals surface area (Å²) < 4.78 is 0.